The van der Waals surface area contributed by atoms with Crippen molar-refractivity contribution in [1.82, 2.24) is 0 Å². The van der Waals surface area contributed by atoms with Gasteiger partial charge in [-0.3, -0.25) is 4.79 Å². The molecular formula is C10H11ClN2O. The van der Waals surface area contributed by atoms with Crippen LogP contribution in [0.15, 0.2) is 12.1 Å². The molecule has 0 spiro atoms. The molecule has 2 N–H and O–H groups in total. The molecule has 0 radical (unpaired) electrons. The van der Waals surface area contributed by atoms with Crippen molar-refractivity contribution in [3.05, 3.63) is 22.7 Å². The maximum absolute atomic E-state index is 11.1. The van der Waals surface area contributed by atoms with E-state index in [-0.39, 0.29) is 5.91 Å². The first-order chi connectivity index (χ1) is 6.70. The van der Waals surface area contributed by atoms with Crippen LogP contribution < -0.4 is 10.6 Å². The Hall–Kier alpha value is -1.22. The number of hydrogen-bond acceptors (Lipinski definition) is 2. The maximum atomic E-state index is 11.1. The Balaban J connectivity index is 2.39. The molecule has 0 atom stereocenters. The van der Waals surface area contributed by atoms with E-state index in [1.54, 1.807) is 6.07 Å². The topological polar surface area (TPSA) is 41.1 Å². The van der Waals surface area contributed by atoms with Crippen molar-refractivity contribution in [2.45, 2.75) is 13.3 Å². The van der Waals surface area contributed by atoms with Gasteiger partial charge >= 0.3 is 0 Å². The predicted molar refractivity (Wildman–Crippen MR) is 57.9 cm³/mol. The zero-order chi connectivity index (χ0) is 10.1. The van der Waals surface area contributed by atoms with Crippen LogP contribution >= 0.6 is 11.6 Å². The third-order valence-corrected chi connectivity index (χ3v) is 2.50. The van der Waals surface area contributed by atoms with Crippen LogP contribution in [0, 0.1) is 0 Å². The first-order valence-corrected chi connectivity index (χ1v) is 4.94. The summed E-state index contributed by atoms with van der Waals surface area (Å²) in [4.78, 5) is 11.1. The fourth-order valence-corrected chi connectivity index (χ4v) is 1.80. The number of carbonyl (C=O) groups excluding carboxylic acids is 1. The standard InChI is InChI=1S/C10H11ClN2O/c1-2-12-9-3-6-4-10(14)13-8(6)5-7(9)11/h3,5,12H,2,4H2,1H3,(H,13,14). The van der Waals surface area contributed by atoms with E-state index in [0.29, 0.717) is 11.4 Å². The molecule has 0 unspecified atom stereocenters. The third-order valence-electron chi connectivity index (χ3n) is 2.19. The van der Waals surface area contributed by atoms with Gasteiger partial charge in [0, 0.05) is 12.2 Å². The number of halogens is 1. The Morgan fingerprint density at radius 1 is 1.57 bits per heavy atom. The summed E-state index contributed by atoms with van der Waals surface area (Å²) in [6.45, 7) is 2.83. The Morgan fingerprint density at radius 3 is 3.07 bits per heavy atom. The van der Waals surface area contributed by atoms with E-state index in [4.69, 9.17) is 11.6 Å². The Kier molecular flexibility index (Phi) is 2.33. The molecule has 4 heteroatoms. The molecule has 0 saturated heterocycles. The number of anilines is 2. The van der Waals surface area contributed by atoms with Crippen LogP contribution in [0.25, 0.3) is 0 Å². The largest absolute Gasteiger partial charge is 0.384 e. The van der Waals surface area contributed by atoms with Gasteiger partial charge in [-0.05, 0) is 24.6 Å². The van der Waals surface area contributed by atoms with Crippen LogP contribution in [0.2, 0.25) is 5.02 Å². The number of fused-ring (bicyclic) bond motifs is 1. The van der Waals surface area contributed by atoms with Gasteiger partial charge in [0.05, 0.1) is 17.1 Å². The SMILES string of the molecule is CCNc1cc2c(cc1Cl)NC(=O)C2. The molecule has 0 aromatic heterocycles. The predicted octanol–water partition coefficient (Wildman–Crippen LogP) is 2.27. The van der Waals surface area contributed by atoms with E-state index in [0.717, 1.165) is 23.5 Å². The highest BCUT2D eigenvalue weighted by Crippen LogP contribution is 2.32. The van der Waals surface area contributed by atoms with Crippen LogP contribution in [-0.2, 0) is 11.2 Å². The van der Waals surface area contributed by atoms with Crippen LogP contribution in [0.3, 0.4) is 0 Å². The first-order valence-electron chi connectivity index (χ1n) is 4.57. The van der Waals surface area contributed by atoms with Gasteiger partial charge < -0.3 is 10.6 Å². The Labute approximate surface area is 87.4 Å². The fourth-order valence-electron chi connectivity index (χ4n) is 1.57. The zero-order valence-corrected chi connectivity index (χ0v) is 8.61. The zero-order valence-electron chi connectivity index (χ0n) is 7.86. The summed E-state index contributed by atoms with van der Waals surface area (Å²) < 4.78 is 0. The van der Waals surface area contributed by atoms with Gasteiger partial charge in [-0.1, -0.05) is 11.6 Å². The minimum Gasteiger partial charge on any atom is -0.384 e. The lowest BCUT2D eigenvalue weighted by molar-refractivity contribution is -0.115. The second-order valence-corrected chi connectivity index (χ2v) is 3.65. The van der Waals surface area contributed by atoms with E-state index in [2.05, 4.69) is 10.6 Å². The molecule has 0 fully saturated rings. The quantitative estimate of drug-likeness (QED) is 0.786. The summed E-state index contributed by atoms with van der Waals surface area (Å²) in [5.41, 5.74) is 2.74. The summed E-state index contributed by atoms with van der Waals surface area (Å²) in [5.74, 6) is 0.0321. The van der Waals surface area contributed by atoms with E-state index >= 15 is 0 Å². The molecule has 1 aliphatic heterocycles. The molecule has 14 heavy (non-hydrogen) atoms. The van der Waals surface area contributed by atoms with Gasteiger partial charge in [0.1, 0.15) is 0 Å². The van der Waals surface area contributed by atoms with Gasteiger partial charge in [0.25, 0.3) is 0 Å². The van der Waals surface area contributed by atoms with Gasteiger partial charge in [-0.25, -0.2) is 0 Å². The number of benzene rings is 1. The van der Waals surface area contributed by atoms with Crippen LogP contribution in [0.4, 0.5) is 11.4 Å². The van der Waals surface area contributed by atoms with Gasteiger partial charge in [0.2, 0.25) is 5.91 Å². The number of carbonyl (C=O) groups is 1. The summed E-state index contributed by atoms with van der Waals surface area (Å²) >= 11 is 6.02. The van der Waals surface area contributed by atoms with Gasteiger partial charge in [-0.2, -0.15) is 0 Å². The third kappa shape index (κ3) is 1.55. The molecule has 0 bridgehead atoms. The van der Waals surface area contributed by atoms with Gasteiger partial charge in [-0.15, -0.1) is 0 Å². The molecule has 3 nitrogen and oxygen atoms in total. The van der Waals surface area contributed by atoms with Crippen molar-refractivity contribution in [3.8, 4) is 0 Å². The average Bonchev–Trinajstić information content (AvgIpc) is 2.45. The summed E-state index contributed by atoms with van der Waals surface area (Å²) in [5, 5.41) is 6.55. The molecule has 2 rings (SSSR count). The first kappa shape index (κ1) is 9.34. The molecule has 1 amide bonds. The van der Waals surface area contributed by atoms with E-state index in [1.165, 1.54) is 0 Å². The second-order valence-electron chi connectivity index (χ2n) is 3.24. The number of hydrogen-bond donors (Lipinski definition) is 2. The molecule has 1 aromatic carbocycles. The minimum atomic E-state index is 0.0321. The monoisotopic (exact) mass is 210 g/mol. The van der Waals surface area contributed by atoms with Crippen molar-refractivity contribution < 1.29 is 4.79 Å². The van der Waals surface area contributed by atoms with Crippen LogP contribution in [-0.4, -0.2) is 12.5 Å². The lowest BCUT2D eigenvalue weighted by atomic mass is 10.1. The highest BCUT2D eigenvalue weighted by atomic mass is 35.5. The molecule has 0 aliphatic carbocycles. The molecule has 74 valence electrons. The highest BCUT2D eigenvalue weighted by molar-refractivity contribution is 6.33. The molecular weight excluding hydrogens is 200 g/mol. The van der Waals surface area contributed by atoms with E-state index in [1.807, 2.05) is 13.0 Å². The van der Waals surface area contributed by atoms with Crippen molar-refractivity contribution in [2.75, 3.05) is 17.2 Å². The van der Waals surface area contributed by atoms with Gasteiger partial charge in [0.15, 0.2) is 0 Å². The molecule has 1 heterocycles. The number of amides is 1. The summed E-state index contributed by atoms with van der Waals surface area (Å²) in [6, 6.07) is 3.72. The number of nitrogens with one attached hydrogen (secondary N) is 2. The Morgan fingerprint density at radius 2 is 2.36 bits per heavy atom. The maximum Gasteiger partial charge on any atom is 0.228 e. The van der Waals surface area contributed by atoms with Crippen LogP contribution in [0.5, 0.6) is 0 Å². The normalized spacial score (nSPS) is 13.7. The highest BCUT2D eigenvalue weighted by Gasteiger charge is 2.19. The molecule has 1 aromatic rings. The smallest absolute Gasteiger partial charge is 0.228 e. The van der Waals surface area contributed by atoms with Crippen molar-refractivity contribution >= 4 is 28.9 Å². The molecule has 1 aliphatic rings. The van der Waals surface area contributed by atoms with E-state index in [9.17, 15) is 4.79 Å². The number of rotatable bonds is 2. The van der Waals surface area contributed by atoms with Crippen molar-refractivity contribution in [3.63, 3.8) is 0 Å². The summed E-state index contributed by atoms with van der Waals surface area (Å²) in [6.07, 6.45) is 0.449. The second kappa shape index (κ2) is 3.50. The lowest BCUT2D eigenvalue weighted by Gasteiger charge is -2.08. The van der Waals surface area contributed by atoms with E-state index < -0.39 is 0 Å². The van der Waals surface area contributed by atoms with Crippen molar-refractivity contribution in [1.29, 1.82) is 0 Å². The van der Waals surface area contributed by atoms with Crippen LogP contribution in [0.1, 0.15) is 12.5 Å². The minimum absolute atomic E-state index is 0.0321. The fraction of sp³-hybridized carbons (Fsp3) is 0.300. The lowest BCUT2D eigenvalue weighted by Crippen LogP contribution is -2.03. The van der Waals surface area contributed by atoms with Crippen molar-refractivity contribution in [2.24, 2.45) is 0 Å². The molecule has 0 saturated carbocycles. The Bertz CT molecular complexity index is 390. The average molecular weight is 211 g/mol. The summed E-state index contributed by atoms with van der Waals surface area (Å²) in [7, 11) is 0.